The molecule has 1 rings (SSSR count). The second-order valence-electron chi connectivity index (χ2n) is 4.50. The lowest BCUT2D eigenvalue weighted by Crippen LogP contribution is -2.44. The van der Waals surface area contributed by atoms with Gasteiger partial charge in [-0.2, -0.15) is 0 Å². The molecule has 2 unspecified atom stereocenters. The number of amides is 2. The number of anilines is 1. The van der Waals surface area contributed by atoms with Gasteiger partial charge in [0.25, 0.3) is 0 Å². The van der Waals surface area contributed by atoms with E-state index in [-0.39, 0.29) is 12.5 Å². The van der Waals surface area contributed by atoms with Crippen LogP contribution in [0.3, 0.4) is 0 Å². The summed E-state index contributed by atoms with van der Waals surface area (Å²) in [6.45, 7) is 3.16. The van der Waals surface area contributed by atoms with Gasteiger partial charge in [0.05, 0.1) is 5.69 Å². The lowest BCUT2D eigenvalue weighted by Gasteiger charge is -2.18. The van der Waals surface area contributed by atoms with Crippen LogP contribution in [0.1, 0.15) is 13.8 Å². The first-order valence-electron chi connectivity index (χ1n) is 6.03. The van der Waals surface area contributed by atoms with Crippen LogP contribution in [0.25, 0.3) is 0 Å². The maximum Gasteiger partial charge on any atom is 0.313 e. The number of hydrogen-bond donors (Lipinski definition) is 3. The zero-order chi connectivity index (χ0) is 15.3. The Morgan fingerprint density at radius 1 is 1.25 bits per heavy atom. The van der Waals surface area contributed by atoms with Crippen LogP contribution in [0.5, 0.6) is 0 Å². The molecule has 0 fully saturated rings. The van der Waals surface area contributed by atoms with Crippen LogP contribution in [0.15, 0.2) is 18.2 Å². The zero-order valence-corrected chi connectivity index (χ0v) is 11.1. The Bertz CT molecular complexity index is 508. The van der Waals surface area contributed by atoms with Crippen molar-refractivity contribution in [2.24, 2.45) is 5.92 Å². The van der Waals surface area contributed by atoms with Crippen molar-refractivity contribution in [3.05, 3.63) is 29.8 Å². The van der Waals surface area contributed by atoms with Gasteiger partial charge < -0.3 is 15.7 Å². The predicted octanol–water partition coefficient (Wildman–Crippen LogP) is 1.04. The quantitative estimate of drug-likeness (QED) is 0.724. The molecule has 1 aromatic carbocycles. The maximum atomic E-state index is 13.3. The monoisotopic (exact) mass is 286 g/mol. The van der Waals surface area contributed by atoms with E-state index in [1.807, 2.05) is 5.32 Å². The van der Waals surface area contributed by atoms with Crippen molar-refractivity contribution in [3.63, 3.8) is 0 Å². The molecule has 5 nitrogen and oxygen atoms in total. The summed E-state index contributed by atoms with van der Waals surface area (Å²) >= 11 is 0. The molecule has 0 spiro atoms. The lowest BCUT2D eigenvalue weighted by atomic mass is 10.1. The van der Waals surface area contributed by atoms with Gasteiger partial charge >= 0.3 is 11.8 Å². The minimum absolute atomic E-state index is 0.151. The molecule has 0 saturated carbocycles. The number of hydrogen-bond acceptors (Lipinski definition) is 3. The van der Waals surface area contributed by atoms with Gasteiger partial charge in [-0.05, 0) is 25.0 Å². The van der Waals surface area contributed by atoms with Gasteiger partial charge in [0, 0.05) is 18.7 Å². The Kier molecular flexibility index (Phi) is 5.57. The highest BCUT2D eigenvalue weighted by Gasteiger charge is 2.20. The average Bonchev–Trinajstić information content (AvgIpc) is 2.41. The summed E-state index contributed by atoms with van der Waals surface area (Å²) in [6.07, 6.45) is 0. The smallest absolute Gasteiger partial charge is 0.313 e. The molecule has 1 aromatic rings. The highest BCUT2D eigenvalue weighted by Crippen LogP contribution is 2.15. The third-order valence-corrected chi connectivity index (χ3v) is 2.88. The first-order valence-corrected chi connectivity index (χ1v) is 6.03. The van der Waals surface area contributed by atoms with Gasteiger partial charge in [-0.1, -0.05) is 6.92 Å². The van der Waals surface area contributed by atoms with Crippen molar-refractivity contribution >= 4 is 17.5 Å². The molecule has 0 aliphatic heterocycles. The van der Waals surface area contributed by atoms with Gasteiger partial charge in [0.15, 0.2) is 0 Å². The van der Waals surface area contributed by atoms with E-state index >= 15 is 0 Å². The Morgan fingerprint density at radius 3 is 2.50 bits per heavy atom. The summed E-state index contributed by atoms with van der Waals surface area (Å²) in [5, 5.41) is 13.3. The molecule has 3 N–H and O–H groups in total. The van der Waals surface area contributed by atoms with E-state index in [9.17, 15) is 18.4 Å². The second-order valence-corrected chi connectivity index (χ2v) is 4.50. The van der Waals surface area contributed by atoms with Gasteiger partial charge in [-0.25, -0.2) is 8.78 Å². The highest BCUT2D eigenvalue weighted by molar-refractivity contribution is 6.39. The number of carbonyl (C=O) groups is 2. The molecule has 0 radical (unpaired) electrons. The molecule has 0 aliphatic rings. The number of carbonyl (C=O) groups excluding carboxylic acids is 2. The minimum Gasteiger partial charge on any atom is -0.396 e. The Labute approximate surface area is 115 Å². The van der Waals surface area contributed by atoms with Crippen molar-refractivity contribution in [2.75, 3.05) is 11.9 Å². The molecule has 0 bridgehead atoms. The van der Waals surface area contributed by atoms with Crippen molar-refractivity contribution in [2.45, 2.75) is 19.9 Å². The predicted molar refractivity (Wildman–Crippen MR) is 68.8 cm³/mol. The number of rotatable bonds is 4. The van der Waals surface area contributed by atoms with Gasteiger partial charge in [-0.3, -0.25) is 9.59 Å². The summed E-state index contributed by atoms with van der Waals surface area (Å²) < 4.78 is 26.2. The SMILES string of the molecule is CC(CO)C(C)NC(=O)C(=O)Nc1cc(F)ccc1F. The maximum absolute atomic E-state index is 13.3. The van der Waals surface area contributed by atoms with Crippen LogP contribution in [-0.2, 0) is 9.59 Å². The van der Waals surface area contributed by atoms with Crippen LogP contribution in [0.2, 0.25) is 0 Å². The Morgan fingerprint density at radius 2 is 1.90 bits per heavy atom. The van der Waals surface area contributed by atoms with Crippen molar-refractivity contribution in [3.8, 4) is 0 Å². The van der Waals surface area contributed by atoms with Crippen molar-refractivity contribution in [1.29, 1.82) is 0 Å². The van der Waals surface area contributed by atoms with Crippen LogP contribution < -0.4 is 10.6 Å². The van der Waals surface area contributed by atoms with Gasteiger partial charge in [0.1, 0.15) is 11.6 Å². The Balaban J connectivity index is 2.66. The lowest BCUT2D eigenvalue weighted by molar-refractivity contribution is -0.136. The van der Waals surface area contributed by atoms with Crippen molar-refractivity contribution < 1.29 is 23.5 Å². The van der Waals surface area contributed by atoms with Gasteiger partial charge in [-0.15, -0.1) is 0 Å². The Hall–Kier alpha value is -2.02. The van der Waals surface area contributed by atoms with Crippen LogP contribution in [0.4, 0.5) is 14.5 Å². The molecular formula is C13H16F2N2O3. The van der Waals surface area contributed by atoms with Crippen LogP contribution >= 0.6 is 0 Å². The van der Waals surface area contributed by atoms with E-state index in [0.29, 0.717) is 0 Å². The molecule has 2 amide bonds. The molecule has 0 heterocycles. The molecule has 2 atom stereocenters. The average molecular weight is 286 g/mol. The molecule has 0 aromatic heterocycles. The van der Waals surface area contributed by atoms with E-state index in [0.717, 1.165) is 18.2 Å². The number of halogens is 2. The molecule has 7 heteroatoms. The molecular weight excluding hydrogens is 270 g/mol. The third-order valence-electron chi connectivity index (χ3n) is 2.88. The zero-order valence-electron chi connectivity index (χ0n) is 11.1. The summed E-state index contributed by atoms with van der Waals surface area (Å²) in [5.74, 6) is -3.90. The largest absolute Gasteiger partial charge is 0.396 e. The van der Waals surface area contributed by atoms with E-state index in [1.54, 1.807) is 13.8 Å². The summed E-state index contributed by atoms with van der Waals surface area (Å²) in [6, 6.07) is 2.09. The van der Waals surface area contributed by atoms with Crippen LogP contribution in [0, 0.1) is 17.6 Å². The summed E-state index contributed by atoms with van der Waals surface area (Å²) in [7, 11) is 0. The van der Waals surface area contributed by atoms with E-state index in [2.05, 4.69) is 5.32 Å². The summed E-state index contributed by atoms with van der Waals surface area (Å²) in [5.41, 5.74) is -0.409. The van der Waals surface area contributed by atoms with E-state index < -0.39 is 35.2 Å². The second kappa shape index (κ2) is 6.95. The topological polar surface area (TPSA) is 78.4 Å². The fourth-order valence-electron chi connectivity index (χ4n) is 1.35. The van der Waals surface area contributed by atoms with E-state index in [4.69, 9.17) is 5.11 Å². The highest BCUT2D eigenvalue weighted by atomic mass is 19.1. The van der Waals surface area contributed by atoms with E-state index in [1.165, 1.54) is 0 Å². The first-order chi connectivity index (χ1) is 9.35. The number of benzene rings is 1. The first kappa shape index (κ1) is 16.0. The number of aliphatic hydroxyl groups is 1. The van der Waals surface area contributed by atoms with Gasteiger partial charge in [0.2, 0.25) is 0 Å². The van der Waals surface area contributed by atoms with Crippen LogP contribution in [-0.4, -0.2) is 29.6 Å². The molecule has 0 aliphatic carbocycles. The number of nitrogens with one attached hydrogen (secondary N) is 2. The third kappa shape index (κ3) is 4.27. The fraction of sp³-hybridized carbons (Fsp3) is 0.385. The number of aliphatic hydroxyl groups excluding tert-OH is 1. The normalized spacial score (nSPS) is 13.4. The molecule has 0 saturated heterocycles. The minimum atomic E-state index is -1.11. The fourth-order valence-corrected chi connectivity index (χ4v) is 1.35. The summed E-state index contributed by atoms with van der Waals surface area (Å²) in [4.78, 5) is 23.1. The standard InChI is InChI=1S/C13H16F2N2O3/c1-7(6-18)8(2)16-12(19)13(20)17-11-5-9(14)3-4-10(11)15/h3-5,7-8,18H,6H2,1-2H3,(H,16,19)(H,17,20). The molecule has 110 valence electrons. The molecule has 20 heavy (non-hydrogen) atoms. The van der Waals surface area contributed by atoms with Crippen molar-refractivity contribution in [1.82, 2.24) is 5.32 Å².